The van der Waals surface area contributed by atoms with Crippen LogP contribution in [0.1, 0.15) is 13.8 Å². The Kier molecular flexibility index (Phi) is 4.72. The van der Waals surface area contributed by atoms with Crippen molar-refractivity contribution in [2.75, 3.05) is 27.2 Å². The summed E-state index contributed by atoms with van der Waals surface area (Å²) in [4.78, 5) is 2.21. The van der Waals surface area contributed by atoms with Gasteiger partial charge in [-0.2, -0.15) is 0 Å². The van der Waals surface area contributed by atoms with Crippen molar-refractivity contribution in [3.8, 4) is 0 Å². The molecule has 0 aliphatic rings. The fourth-order valence-corrected chi connectivity index (χ4v) is 0.536. The lowest BCUT2D eigenvalue weighted by Crippen LogP contribution is -2.35. The molecule has 0 aromatic heterocycles. The van der Waals surface area contributed by atoms with Crippen molar-refractivity contribution in [3.63, 3.8) is 0 Å². The van der Waals surface area contributed by atoms with Crippen molar-refractivity contribution in [3.05, 3.63) is 0 Å². The van der Waals surface area contributed by atoms with Crippen LogP contribution in [0.2, 0.25) is 0 Å². The zero-order valence-electron chi connectivity index (χ0n) is 6.94. The minimum absolute atomic E-state index is 0.643. The summed E-state index contributed by atoms with van der Waals surface area (Å²) in [7, 11) is 4.20. The molecule has 0 bridgehead atoms. The molecule has 0 aliphatic heterocycles. The standard InChI is InChI=1S/C7H18N2/c1-5-8-6-7(2)9(3)4/h7-8H,5-6H2,1-4H3/t7-/m1/s1. The van der Waals surface area contributed by atoms with Crippen LogP contribution >= 0.6 is 0 Å². The number of likely N-dealkylation sites (N-methyl/N-ethyl adjacent to an activating group) is 2. The van der Waals surface area contributed by atoms with Crippen LogP contribution < -0.4 is 5.32 Å². The first-order chi connectivity index (χ1) is 4.18. The highest BCUT2D eigenvalue weighted by Gasteiger charge is 2.00. The van der Waals surface area contributed by atoms with E-state index < -0.39 is 0 Å². The largest absolute Gasteiger partial charge is 0.315 e. The lowest BCUT2D eigenvalue weighted by Gasteiger charge is -2.19. The molecule has 1 N–H and O–H groups in total. The van der Waals surface area contributed by atoms with Crippen LogP contribution in [-0.2, 0) is 0 Å². The van der Waals surface area contributed by atoms with Gasteiger partial charge in [0, 0.05) is 12.6 Å². The van der Waals surface area contributed by atoms with Gasteiger partial charge in [-0.3, -0.25) is 0 Å². The number of hydrogen-bond acceptors (Lipinski definition) is 2. The Morgan fingerprint density at radius 1 is 1.44 bits per heavy atom. The highest BCUT2D eigenvalue weighted by Crippen LogP contribution is 1.86. The quantitative estimate of drug-likeness (QED) is 0.597. The Balaban J connectivity index is 3.16. The van der Waals surface area contributed by atoms with Gasteiger partial charge in [0.1, 0.15) is 0 Å². The second kappa shape index (κ2) is 4.77. The molecule has 0 aromatic carbocycles. The molecule has 0 radical (unpaired) electrons. The van der Waals surface area contributed by atoms with Crippen LogP contribution in [-0.4, -0.2) is 38.1 Å². The molecule has 0 rings (SSSR count). The number of nitrogens with zero attached hydrogens (tertiary/aromatic N) is 1. The molecule has 0 saturated heterocycles. The first kappa shape index (κ1) is 8.92. The normalized spacial score (nSPS) is 14.3. The molecule has 0 heterocycles. The van der Waals surface area contributed by atoms with Crippen molar-refractivity contribution < 1.29 is 0 Å². The van der Waals surface area contributed by atoms with E-state index >= 15 is 0 Å². The Morgan fingerprint density at radius 2 is 2.00 bits per heavy atom. The monoisotopic (exact) mass is 130 g/mol. The molecule has 2 heteroatoms. The van der Waals surface area contributed by atoms with Gasteiger partial charge >= 0.3 is 0 Å². The van der Waals surface area contributed by atoms with E-state index in [2.05, 4.69) is 38.2 Å². The minimum Gasteiger partial charge on any atom is -0.315 e. The van der Waals surface area contributed by atoms with E-state index in [1.165, 1.54) is 0 Å². The van der Waals surface area contributed by atoms with E-state index in [0.29, 0.717) is 6.04 Å². The molecule has 0 aliphatic carbocycles. The molecule has 0 aromatic rings. The second-order valence-electron chi connectivity index (χ2n) is 2.62. The smallest absolute Gasteiger partial charge is 0.0186 e. The molecular formula is C7H18N2. The van der Waals surface area contributed by atoms with Gasteiger partial charge in [-0.05, 0) is 27.6 Å². The molecule has 2 nitrogen and oxygen atoms in total. The van der Waals surface area contributed by atoms with Gasteiger partial charge in [-0.15, -0.1) is 0 Å². The first-order valence-electron chi connectivity index (χ1n) is 3.55. The van der Waals surface area contributed by atoms with Crippen LogP contribution in [0.15, 0.2) is 0 Å². The van der Waals surface area contributed by atoms with Crippen molar-refractivity contribution in [2.24, 2.45) is 0 Å². The van der Waals surface area contributed by atoms with E-state index in [0.717, 1.165) is 13.1 Å². The molecule has 0 spiro atoms. The summed E-state index contributed by atoms with van der Waals surface area (Å²) < 4.78 is 0. The Morgan fingerprint density at radius 3 is 2.33 bits per heavy atom. The highest BCUT2D eigenvalue weighted by atomic mass is 15.1. The van der Waals surface area contributed by atoms with Crippen molar-refractivity contribution in [1.29, 1.82) is 0 Å². The molecule has 0 saturated carbocycles. The maximum Gasteiger partial charge on any atom is 0.0186 e. The maximum atomic E-state index is 3.29. The van der Waals surface area contributed by atoms with Gasteiger partial charge in [0.15, 0.2) is 0 Å². The average Bonchev–Trinajstić information content (AvgIpc) is 1.82. The van der Waals surface area contributed by atoms with Crippen LogP contribution in [0.25, 0.3) is 0 Å². The zero-order chi connectivity index (χ0) is 7.28. The van der Waals surface area contributed by atoms with E-state index in [9.17, 15) is 0 Å². The van der Waals surface area contributed by atoms with Crippen LogP contribution in [0, 0.1) is 0 Å². The van der Waals surface area contributed by atoms with Gasteiger partial charge in [0.2, 0.25) is 0 Å². The van der Waals surface area contributed by atoms with E-state index in [4.69, 9.17) is 0 Å². The average molecular weight is 130 g/mol. The van der Waals surface area contributed by atoms with E-state index in [1.54, 1.807) is 0 Å². The summed E-state index contributed by atoms with van der Waals surface area (Å²) >= 11 is 0. The summed E-state index contributed by atoms with van der Waals surface area (Å²) in [5.74, 6) is 0. The highest BCUT2D eigenvalue weighted by molar-refractivity contribution is 4.60. The lowest BCUT2D eigenvalue weighted by molar-refractivity contribution is 0.305. The van der Waals surface area contributed by atoms with Crippen molar-refractivity contribution >= 4 is 0 Å². The Bertz CT molecular complexity index is 61.9. The first-order valence-corrected chi connectivity index (χ1v) is 3.55. The van der Waals surface area contributed by atoms with E-state index in [-0.39, 0.29) is 0 Å². The second-order valence-corrected chi connectivity index (χ2v) is 2.62. The molecule has 0 fully saturated rings. The van der Waals surface area contributed by atoms with Crippen LogP contribution in [0.5, 0.6) is 0 Å². The summed E-state index contributed by atoms with van der Waals surface area (Å²) in [5, 5.41) is 3.29. The molecule has 9 heavy (non-hydrogen) atoms. The summed E-state index contributed by atoms with van der Waals surface area (Å²) in [6.45, 7) is 6.49. The third-order valence-corrected chi connectivity index (χ3v) is 1.57. The summed E-state index contributed by atoms with van der Waals surface area (Å²) in [5.41, 5.74) is 0. The number of nitrogens with one attached hydrogen (secondary N) is 1. The fraction of sp³-hybridized carbons (Fsp3) is 1.00. The number of rotatable bonds is 4. The summed E-state index contributed by atoms with van der Waals surface area (Å²) in [6.07, 6.45) is 0. The predicted molar refractivity (Wildman–Crippen MR) is 41.7 cm³/mol. The predicted octanol–water partition coefficient (Wildman–Crippen LogP) is 0.546. The molecular weight excluding hydrogens is 112 g/mol. The molecule has 1 atom stereocenters. The van der Waals surface area contributed by atoms with Gasteiger partial charge < -0.3 is 10.2 Å². The molecule has 0 amide bonds. The maximum absolute atomic E-state index is 3.29. The van der Waals surface area contributed by atoms with E-state index in [1.807, 2.05) is 0 Å². The third-order valence-electron chi connectivity index (χ3n) is 1.57. The fourth-order valence-electron chi connectivity index (χ4n) is 0.536. The lowest BCUT2D eigenvalue weighted by atomic mass is 10.3. The molecule has 56 valence electrons. The Hall–Kier alpha value is -0.0800. The van der Waals surface area contributed by atoms with Gasteiger partial charge in [-0.1, -0.05) is 6.92 Å². The summed E-state index contributed by atoms with van der Waals surface area (Å²) in [6, 6.07) is 0.643. The third kappa shape index (κ3) is 4.43. The van der Waals surface area contributed by atoms with Crippen molar-refractivity contribution in [2.45, 2.75) is 19.9 Å². The minimum atomic E-state index is 0.643. The van der Waals surface area contributed by atoms with Crippen molar-refractivity contribution in [1.82, 2.24) is 10.2 Å². The zero-order valence-corrected chi connectivity index (χ0v) is 6.94. The topological polar surface area (TPSA) is 15.3 Å². The van der Waals surface area contributed by atoms with Crippen LogP contribution in [0.4, 0.5) is 0 Å². The van der Waals surface area contributed by atoms with Gasteiger partial charge in [0.05, 0.1) is 0 Å². The molecule has 0 unspecified atom stereocenters. The van der Waals surface area contributed by atoms with Crippen LogP contribution in [0.3, 0.4) is 0 Å². The number of hydrogen-bond donors (Lipinski definition) is 1. The van der Waals surface area contributed by atoms with Gasteiger partial charge in [-0.25, -0.2) is 0 Å². The Labute approximate surface area is 58.2 Å². The SMILES string of the molecule is CCNC[C@@H](C)N(C)C. The van der Waals surface area contributed by atoms with Gasteiger partial charge in [0.25, 0.3) is 0 Å².